The van der Waals surface area contributed by atoms with Gasteiger partial charge >= 0.3 is 0 Å². The third kappa shape index (κ3) is 4.14. The summed E-state index contributed by atoms with van der Waals surface area (Å²) in [5.74, 6) is 3.26. The highest BCUT2D eigenvalue weighted by molar-refractivity contribution is 7.99. The maximum atomic E-state index is 6.39. The zero-order chi connectivity index (χ0) is 13.9. The zero-order valence-corrected chi connectivity index (χ0v) is 14.0. The molecule has 0 spiro atoms. The van der Waals surface area contributed by atoms with Crippen molar-refractivity contribution in [1.29, 1.82) is 0 Å². The van der Waals surface area contributed by atoms with Gasteiger partial charge in [0.1, 0.15) is 0 Å². The molecule has 0 aromatic carbocycles. The van der Waals surface area contributed by atoms with Crippen LogP contribution < -0.4 is 5.73 Å². The SMILES string of the molecule is CCC(C)(C)C1CCC(N)C(SCC2CCCC2)C1. The Labute approximate surface area is 124 Å². The topological polar surface area (TPSA) is 26.0 Å². The lowest BCUT2D eigenvalue weighted by Crippen LogP contribution is -2.42. The largest absolute Gasteiger partial charge is 0.327 e. The molecule has 112 valence electrons. The zero-order valence-electron chi connectivity index (χ0n) is 13.2. The summed E-state index contributed by atoms with van der Waals surface area (Å²) < 4.78 is 0. The first kappa shape index (κ1) is 15.7. The smallest absolute Gasteiger partial charge is 0.0201 e. The van der Waals surface area contributed by atoms with Crippen molar-refractivity contribution in [3.05, 3.63) is 0 Å². The molecule has 2 heteroatoms. The minimum absolute atomic E-state index is 0.454. The van der Waals surface area contributed by atoms with Gasteiger partial charge in [-0.3, -0.25) is 0 Å². The van der Waals surface area contributed by atoms with Crippen molar-refractivity contribution in [2.45, 2.75) is 83.4 Å². The summed E-state index contributed by atoms with van der Waals surface area (Å²) in [6.07, 6.45) is 11.1. The van der Waals surface area contributed by atoms with Gasteiger partial charge in [0.25, 0.3) is 0 Å². The fourth-order valence-corrected chi connectivity index (χ4v) is 5.38. The number of nitrogens with two attached hydrogens (primary N) is 1. The number of rotatable bonds is 5. The van der Waals surface area contributed by atoms with Crippen LogP contribution in [0.4, 0.5) is 0 Å². The molecule has 1 nitrogen and oxygen atoms in total. The van der Waals surface area contributed by atoms with Gasteiger partial charge in [-0.25, -0.2) is 0 Å². The van der Waals surface area contributed by atoms with Crippen LogP contribution in [0.1, 0.15) is 72.1 Å². The van der Waals surface area contributed by atoms with Gasteiger partial charge in [0.05, 0.1) is 0 Å². The highest BCUT2D eigenvalue weighted by Crippen LogP contribution is 2.43. The molecule has 2 rings (SSSR count). The molecule has 0 radical (unpaired) electrons. The van der Waals surface area contributed by atoms with Crippen molar-refractivity contribution < 1.29 is 0 Å². The average Bonchev–Trinajstić information content (AvgIpc) is 2.90. The molecule has 2 saturated carbocycles. The third-order valence-corrected chi connectivity index (χ3v) is 7.51. The van der Waals surface area contributed by atoms with E-state index in [1.54, 1.807) is 0 Å². The van der Waals surface area contributed by atoms with Gasteiger partial charge in [0, 0.05) is 11.3 Å². The van der Waals surface area contributed by atoms with Crippen molar-refractivity contribution in [2.24, 2.45) is 23.0 Å². The molecule has 2 aliphatic carbocycles. The van der Waals surface area contributed by atoms with Gasteiger partial charge in [-0.05, 0) is 55.1 Å². The first-order valence-electron chi connectivity index (χ1n) is 8.40. The Kier molecular flexibility index (Phi) is 5.65. The Morgan fingerprint density at radius 1 is 1.11 bits per heavy atom. The maximum absolute atomic E-state index is 6.39. The first-order chi connectivity index (χ1) is 9.03. The van der Waals surface area contributed by atoms with Crippen LogP contribution in [-0.4, -0.2) is 17.0 Å². The molecule has 3 atom stereocenters. The quantitative estimate of drug-likeness (QED) is 0.781. The van der Waals surface area contributed by atoms with Crippen LogP contribution in [0.15, 0.2) is 0 Å². The van der Waals surface area contributed by atoms with E-state index in [1.807, 2.05) is 0 Å². The molecule has 0 heterocycles. The lowest BCUT2D eigenvalue weighted by molar-refractivity contribution is 0.148. The normalized spacial score (nSPS) is 33.8. The molecular weight excluding hydrogens is 250 g/mol. The first-order valence-corrected chi connectivity index (χ1v) is 9.45. The third-order valence-electron chi connectivity index (χ3n) is 5.88. The average molecular weight is 284 g/mol. The molecule has 0 aromatic heterocycles. The van der Waals surface area contributed by atoms with Gasteiger partial charge in [-0.2, -0.15) is 11.8 Å². The van der Waals surface area contributed by atoms with Crippen LogP contribution in [0.3, 0.4) is 0 Å². The number of thioether (sulfide) groups is 1. The predicted octanol–water partition coefficient (Wildman–Crippen LogP) is 4.84. The fourth-order valence-electron chi connectivity index (χ4n) is 3.78. The molecule has 0 saturated heterocycles. The minimum Gasteiger partial charge on any atom is -0.327 e. The second-order valence-corrected chi connectivity index (χ2v) is 8.81. The van der Waals surface area contributed by atoms with Gasteiger partial charge in [-0.15, -0.1) is 0 Å². The molecule has 3 unspecified atom stereocenters. The fraction of sp³-hybridized carbons (Fsp3) is 1.00. The monoisotopic (exact) mass is 283 g/mol. The molecule has 2 fully saturated rings. The van der Waals surface area contributed by atoms with Gasteiger partial charge in [-0.1, -0.05) is 40.0 Å². The van der Waals surface area contributed by atoms with Crippen molar-refractivity contribution >= 4 is 11.8 Å². The molecule has 0 aromatic rings. The molecular formula is C17H33NS. The van der Waals surface area contributed by atoms with Crippen LogP contribution >= 0.6 is 11.8 Å². The summed E-state index contributed by atoms with van der Waals surface area (Å²) in [5.41, 5.74) is 6.90. The highest BCUT2D eigenvalue weighted by Gasteiger charge is 2.36. The number of hydrogen-bond acceptors (Lipinski definition) is 2. The van der Waals surface area contributed by atoms with Gasteiger partial charge in [0.15, 0.2) is 0 Å². The maximum Gasteiger partial charge on any atom is 0.0201 e. The van der Waals surface area contributed by atoms with Crippen LogP contribution in [0.5, 0.6) is 0 Å². The second-order valence-electron chi connectivity index (χ2n) is 7.54. The van der Waals surface area contributed by atoms with E-state index in [-0.39, 0.29) is 0 Å². The summed E-state index contributed by atoms with van der Waals surface area (Å²) >= 11 is 2.21. The van der Waals surface area contributed by atoms with Crippen molar-refractivity contribution in [2.75, 3.05) is 5.75 Å². The van der Waals surface area contributed by atoms with E-state index in [2.05, 4.69) is 32.5 Å². The Morgan fingerprint density at radius 3 is 2.42 bits per heavy atom. The second kappa shape index (κ2) is 6.85. The van der Waals surface area contributed by atoms with E-state index in [4.69, 9.17) is 5.73 Å². The van der Waals surface area contributed by atoms with Crippen LogP contribution in [0.2, 0.25) is 0 Å². The number of hydrogen-bond donors (Lipinski definition) is 1. The lowest BCUT2D eigenvalue weighted by atomic mass is 9.69. The minimum atomic E-state index is 0.454. The summed E-state index contributed by atoms with van der Waals surface area (Å²) in [4.78, 5) is 0. The van der Waals surface area contributed by atoms with E-state index >= 15 is 0 Å². The van der Waals surface area contributed by atoms with E-state index < -0.39 is 0 Å². The van der Waals surface area contributed by atoms with E-state index in [9.17, 15) is 0 Å². The Hall–Kier alpha value is 0.310. The summed E-state index contributed by atoms with van der Waals surface area (Å²) in [6, 6.07) is 0.454. The standard InChI is InChI=1S/C17H33NS/c1-4-17(2,3)14-9-10-15(18)16(11-14)19-12-13-7-5-6-8-13/h13-16H,4-12,18H2,1-3H3. The molecule has 0 bridgehead atoms. The molecule has 0 amide bonds. The highest BCUT2D eigenvalue weighted by atomic mass is 32.2. The van der Waals surface area contributed by atoms with Gasteiger partial charge in [0.2, 0.25) is 0 Å². The van der Waals surface area contributed by atoms with E-state index in [0.29, 0.717) is 11.5 Å². The predicted molar refractivity (Wildman–Crippen MR) is 87.6 cm³/mol. The van der Waals surface area contributed by atoms with E-state index in [0.717, 1.165) is 17.1 Å². The van der Waals surface area contributed by atoms with Crippen molar-refractivity contribution in [1.82, 2.24) is 0 Å². The Bertz CT molecular complexity index is 270. The summed E-state index contributed by atoms with van der Waals surface area (Å²) in [6.45, 7) is 7.25. The van der Waals surface area contributed by atoms with E-state index in [1.165, 1.54) is 57.1 Å². The molecule has 0 aliphatic heterocycles. The Balaban J connectivity index is 1.83. The Morgan fingerprint density at radius 2 is 1.79 bits per heavy atom. The van der Waals surface area contributed by atoms with Crippen LogP contribution in [0, 0.1) is 17.3 Å². The van der Waals surface area contributed by atoms with Crippen molar-refractivity contribution in [3.8, 4) is 0 Å². The summed E-state index contributed by atoms with van der Waals surface area (Å²) in [5, 5.41) is 0.727. The van der Waals surface area contributed by atoms with Crippen molar-refractivity contribution in [3.63, 3.8) is 0 Å². The van der Waals surface area contributed by atoms with Crippen LogP contribution in [0.25, 0.3) is 0 Å². The van der Waals surface area contributed by atoms with Gasteiger partial charge < -0.3 is 5.73 Å². The van der Waals surface area contributed by atoms with Crippen LogP contribution in [-0.2, 0) is 0 Å². The summed E-state index contributed by atoms with van der Waals surface area (Å²) in [7, 11) is 0. The lowest BCUT2D eigenvalue weighted by Gasteiger charge is -2.42. The molecule has 2 aliphatic rings. The molecule has 2 N–H and O–H groups in total. The molecule has 19 heavy (non-hydrogen) atoms.